The van der Waals surface area contributed by atoms with Crippen LogP contribution in [0.3, 0.4) is 0 Å². The highest BCUT2D eigenvalue weighted by molar-refractivity contribution is 5.86. The number of nitrogens with one attached hydrogen (secondary N) is 2. The Labute approximate surface area is 189 Å². The highest BCUT2D eigenvalue weighted by Crippen LogP contribution is 2.24. The molecule has 0 aromatic heterocycles. The summed E-state index contributed by atoms with van der Waals surface area (Å²) in [5.74, 6) is -1.57. The van der Waals surface area contributed by atoms with Gasteiger partial charge >= 0.3 is 5.97 Å². The third-order valence-corrected chi connectivity index (χ3v) is 5.25. The van der Waals surface area contributed by atoms with Gasteiger partial charge in [-0.25, -0.2) is 0 Å². The van der Waals surface area contributed by atoms with Crippen molar-refractivity contribution >= 4 is 17.8 Å². The van der Waals surface area contributed by atoms with E-state index < -0.39 is 18.1 Å². The number of benzene rings is 1. The molecule has 2 amide bonds. The lowest BCUT2D eigenvalue weighted by atomic mass is 9.97. The predicted octanol–water partition coefficient (Wildman–Crippen LogP) is 2.04. The molecule has 0 aliphatic carbocycles. The molecule has 1 aromatic rings. The van der Waals surface area contributed by atoms with E-state index >= 15 is 0 Å². The molecule has 8 heteroatoms. The minimum atomic E-state index is -0.717. The molecule has 1 heterocycles. The van der Waals surface area contributed by atoms with Crippen molar-refractivity contribution in [3.8, 4) is 0 Å². The fraction of sp³-hybridized carbons (Fsp3) is 0.542. The Kier molecular flexibility index (Phi) is 10.9. The standard InChI is InChI=1S/C24H34N2O6/c1-17(15-27)25-21(28)14-19-12-6-3-4-9-13-22(29)32-23(18-10-7-5-8-11-18)20(16-31-2)26-24(19)30/h3,5-8,10-11,17,19-20,23,27H,4,9,12-16H2,1-2H3,(H,25,28)(H,26,30). The highest BCUT2D eigenvalue weighted by atomic mass is 16.5. The van der Waals surface area contributed by atoms with Gasteiger partial charge in [-0.3, -0.25) is 14.4 Å². The molecule has 1 aliphatic heterocycles. The Balaban J connectivity index is 2.28. The van der Waals surface area contributed by atoms with E-state index in [1.807, 2.05) is 42.5 Å². The lowest BCUT2D eigenvalue weighted by Crippen LogP contribution is -2.47. The fourth-order valence-corrected chi connectivity index (χ4v) is 3.54. The smallest absolute Gasteiger partial charge is 0.306 e. The summed E-state index contributed by atoms with van der Waals surface area (Å²) >= 11 is 0. The van der Waals surface area contributed by atoms with E-state index in [1.54, 1.807) is 6.92 Å². The van der Waals surface area contributed by atoms with Gasteiger partial charge in [-0.15, -0.1) is 0 Å². The van der Waals surface area contributed by atoms with E-state index in [4.69, 9.17) is 14.6 Å². The molecule has 3 N–H and O–H groups in total. The van der Waals surface area contributed by atoms with Crippen LogP contribution in [0.25, 0.3) is 0 Å². The summed E-state index contributed by atoms with van der Waals surface area (Å²) in [6, 6.07) is 8.22. The molecule has 0 spiro atoms. The second-order valence-corrected chi connectivity index (χ2v) is 8.04. The number of methoxy groups -OCH3 is 1. The summed E-state index contributed by atoms with van der Waals surface area (Å²) in [7, 11) is 1.52. The van der Waals surface area contributed by atoms with Crippen molar-refractivity contribution < 1.29 is 29.0 Å². The van der Waals surface area contributed by atoms with Crippen molar-refractivity contribution in [3.63, 3.8) is 0 Å². The van der Waals surface area contributed by atoms with Crippen LogP contribution < -0.4 is 10.6 Å². The van der Waals surface area contributed by atoms with Crippen molar-refractivity contribution in [3.05, 3.63) is 48.0 Å². The Hall–Kier alpha value is -2.71. The average Bonchev–Trinajstić information content (AvgIpc) is 2.79. The monoisotopic (exact) mass is 446 g/mol. The second kappa shape index (κ2) is 13.6. The minimum absolute atomic E-state index is 0.0179. The number of hydrogen-bond donors (Lipinski definition) is 3. The van der Waals surface area contributed by atoms with Crippen molar-refractivity contribution in [2.24, 2.45) is 5.92 Å². The molecule has 4 atom stereocenters. The van der Waals surface area contributed by atoms with Crippen molar-refractivity contribution in [2.75, 3.05) is 20.3 Å². The Morgan fingerprint density at radius 2 is 2.03 bits per heavy atom. The number of cyclic esters (lactones) is 1. The first kappa shape index (κ1) is 25.5. The van der Waals surface area contributed by atoms with Crippen molar-refractivity contribution in [1.82, 2.24) is 10.6 Å². The number of esters is 1. The topological polar surface area (TPSA) is 114 Å². The molecule has 0 fully saturated rings. The van der Waals surface area contributed by atoms with Crippen molar-refractivity contribution in [1.29, 1.82) is 0 Å². The Bertz CT molecular complexity index is 767. The maximum Gasteiger partial charge on any atom is 0.306 e. The lowest BCUT2D eigenvalue weighted by Gasteiger charge is -2.29. The first-order valence-corrected chi connectivity index (χ1v) is 11.0. The summed E-state index contributed by atoms with van der Waals surface area (Å²) in [6.45, 7) is 1.65. The predicted molar refractivity (Wildman–Crippen MR) is 119 cm³/mol. The van der Waals surface area contributed by atoms with Gasteiger partial charge in [0.1, 0.15) is 6.10 Å². The van der Waals surface area contributed by atoms with Gasteiger partial charge in [0, 0.05) is 26.0 Å². The fourth-order valence-electron chi connectivity index (χ4n) is 3.54. The molecule has 8 nitrogen and oxygen atoms in total. The van der Waals surface area contributed by atoms with Gasteiger partial charge in [0.05, 0.1) is 25.2 Å². The number of rotatable bonds is 7. The van der Waals surface area contributed by atoms with Crippen LogP contribution in [0, 0.1) is 5.92 Å². The minimum Gasteiger partial charge on any atom is -0.455 e. The van der Waals surface area contributed by atoms with Crippen LogP contribution in [-0.4, -0.2) is 55.3 Å². The van der Waals surface area contributed by atoms with Gasteiger partial charge in [0.25, 0.3) is 0 Å². The maximum atomic E-state index is 13.2. The van der Waals surface area contributed by atoms with Crippen LogP contribution in [0.5, 0.6) is 0 Å². The van der Waals surface area contributed by atoms with Gasteiger partial charge in [0.2, 0.25) is 11.8 Å². The number of aliphatic hydroxyl groups is 1. The zero-order valence-corrected chi connectivity index (χ0v) is 18.8. The van der Waals surface area contributed by atoms with E-state index in [9.17, 15) is 14.4 Å². The summed E-state index contributed by atoms with van der Waals surface area (Å²) < 4.78 is 11.1. The number of amides is 2. The Morgan fingerprint density at radius 1 is 1.28 bits per heavy atom. The lowest BCUT2D eigenvalue weighted by molar-refractivity contribution is -0.153. The average molecular weight is 447 g/mol. The molecule has 32 heavy (non-hydrogen) atoms. The highest BCUT2D eigenvalue weighted by Gasteiger charge is 2.31. The summed E-state index contributed by atoms with van der Waals surface area (Å²) in [6.07, 6.45) is 5.02. The summed E-state index contributed by atoms with van der Waals surface area (Å²) in [5.41, 5.74) is 0.752. The van der Waals surface area contributed by atoms with E-state index in [0.717, 1.165) is 5.56 Å². The van der Waals surface area contributed by atoms with Crippen LogP contribution in [-0.2, 0) is 23.9 Å². The van der Waals surface area contributed by atoms with E-state index in [0.29, 0.717) is 19.3 Å². The number of carbonyl (C=O) groups is 3. The van der Waals surface area contributed by atoms with Gasteiger partial charge in [-0.05, 0) is 31.7 Å². The molecule has 1 aliphatic rings. The molecule has 176 valence electrons. The summed E-state index contributed by atoms with van der Waals surface area (Å²) in [5, 5.41) is 14.8. The molecule has 2 rings (SSSR count). The van der Waals surface area contributed by atoms with Crippen LogP contribution >= 0.6 is 0 Å². The van der Waals surface area contributed by atoms with Crippen LogP contribution in [0.4, 0.5) is 0 Å². The Morgan fingerprint density at radius 3 is 2.72 bits per heavy atom. The molecular weight excluding hydrogens is 412 g/mol. The largest absolute Gasteiger partial charge is 0.455 e. The molecule has 0 saturated carbocycles. The maximum absolute atomic E-state index is 13.2. The molecule has 1 aromatic carbocycles. The van der Waals surface area contributed by atoms with E-state index in [1.165, 1.54) is 7.11 Å². The van der Waals surface area contributed by atoms with Gasteiger partial charge in [-0.1, -0.05) is 42.5 Å². The van der Waals surface area contributed by atoms with Gasteiger partial charge < -0.3 is 25.2 Å². The quantitative estimate of drug-likeness (QED) is 0.436. The second-order valence-electron chi connectivity index (χ2n) is 8.04. The number of aliphatic hydroxyl groups excluding tert-OH is 1. The molecular formula is C24H34N2O6. The van der Waals surface area contributed by atoms with Gasteiger partial charge in [0.15, 0.2) is 0 Å². The third-order valence-electron chi connectivity index (χ3n) is 5.25. The summed E-state index contributed by atoms with van der Waals surface area (Å²) in [4.78, 5) is 38.0. The number of allylic oxidation sites excluding steroid dienone is 2. The molecule has 0 saturated heterocycles. The number of hydrogen-bond acceptors (Lipinski definition) is 6. The zero-order valence-electron chi connectivity index (χ0n) is 18.8. The van der Waals surface area contributed by atoms with E-state index in [-0.39, 0.29) is 49.9 Å². The first-order chi connectivity index (χ1) is 15.4. The molecule has 4 unspecified atom stereocenters. The van der Waals surface area contributed by atoms with Crippen molar-refractivity contribution in [2.45, 2.75) is 57.2 Å². The van der Waals surface area contributed by atoms with Crippen LogP contribution in [0.2, 0.25) is 0 Å². The first-order valence-electron chi connectivity index (χ1n) is 11.0. The van der Waals surface area contributed by atoms with Gasteiger partial charge in [-0.2, -0.15) is 0 Å². The SMILES string of the molecule is COCC1NC(=O)C(CC(=O)NC(C)CO)CC=CCCCC(=O)OC1c1ccccc1. The molecule has 0 radical (unpaired) electrons. The third kappa shape index (κ3) is 8.43. The van der Waals surface area contributed by atoms with Crippen LogP contribution in [0.15, 0.2) is 42.5 Å². The number of ether oxygens (including phenoxy) is 2. The van der Waals surface area contributed by atoms with E-state index in [2.05, 4.69) is 10.6 Å². The van der Waals surface area contributed by atoms with Crippen LogP contribution in [0.1, 0.15) is 50.7 Å². The zero-order chi connectivity index (χ0) is 23.3. The normalized spacial score (nSPS) is 23.7. The number of carbonyl (C=O) groups excluding carboxylic acids is 3. The molecule has 0 bridgehead atoms.